The molecule has 0 spiro atoms. The molecule has 2 aromatic carbocycles. The largest absolute Gasteiger partial charge is 0.450 e. The van der Waals surface area contributed by atoms with Gasteiger partial charge < -0.3 is 14.5 Å². The molecule has 1 fully saturated rings. The molecule has 0 bridgehead atoms. The molecule has 2 aromatic heterocycles. The number of carbonyl (C=O) groups excluding carboxylic acids is 2. The summed E-state index contributed by atoms with van der Waals surface area (Å²) in [5, 5.41) is 5.47. The van der Waals surface area contributed by atoms with Crippen LogP contribution in [0.15, 0.2) is 54.7 Å². The zero-order valence-electron chi connectivity index (χ0n) is 19.3. The molecule has 36 heavy (non-hydrogen) atoms. The van der Waals surface area contributed by atoms with Gasteiger partial charge in [0.2, 0.25) is 0 Å². The minimum absolute atomic E-state index is 0.0350. The maximum absolute atomic E-state index is 14.0. The standard InChI is InChI=1S/C25H22F3N5O3/c1-2-36-24(35)32-12-10-31(11-13-32)23(34)19-15-29-33-21(25(26,27)28)14-20(30-22(19)33)18-9-5-7-16-6-3-4-8-17(16)18/h3-9,14-15H,2,10-13H2,1H3. The predicted octanol–water partition coefficient (Wildman–Crippen LogP) is 4.48. The molecule has 8 nitrogen and oxygen atoms in total. The van der Waals surface area contributed by atoms with Crippen molar-refractivity contribution in [1.82, 2.24) is 24.4 Å². The highest BCUT2D eigenvalue weighted by atomic mass is 19.4. The maximum atomic E-state index is 14.0. The van der Waals surface area contributed by atoms with Crippen LogP contribution >= 0.6 is 0 Å². The van der Waals surface area contributed by atoms with E-state index in [4.69, 9.17) is 4.74 Å². The molecule has 1 saturated heterocycles. The highest BCUT2D eigenvalue weighted by Gasteiger charge is 2.37. The molecule has 1 aliphatic heterocycles. The van der Waals surface area contributed by atoms with E-state index in [0.717, 1.165) is 23.0 Å². The molecule has 0 unspecified atom stereocenters. The number of hydrogen-bond acceptors (Lipinski definition) is 5. The van der Waals surface area contributed by atoms with E-state index >= 15 is 0 Å². The van der Waals surface area contributed by atoms with Gasteiger partial charge >= 0.3 is 12.3 Å². The van der Waals surface area contributed by atoms with E-state index in [1.165, 1.54) is 9.80 Å². The predicted molar refractivity (Wildman–Crippen MR) is 125 cm³/mol. The topological polar surface area (TPSA) is 80.0 Å². The summed E-state index contributed by atoms with van der Waals surface area (Å²) in [6.07, 6.45) is -4.07. The van der Waals surface area contributed by atoms with Crippen molar-refractivity contribution in [2.75, 3.05) is 32.8 Å². The first-order valence-electron chi connectivity index (χ1n) is 11.4. The second kappa shape index (κ2) is 9.14. The van der Waals surface area contributed by atoms with Gasteiger partial charge in [0.25, 0.3) is 5.91 Å². The van der Waals surface area contributed by atoms with Crippen LogP contribution in [0.1, 0.15) is 23.0 Å². The van der Waals surface area contributed by atoms with Gasteiger partial charge in [-0.25, -0.2) is 14.3 Å². The van der Waals surface area contributed by atoms with Gasteiger partial charge in [-0.2, -0.15) is 18.3 Å². The number of aromatic nitrogens is 3. The number of fused-ring (bicyclic) bond motifs is 2. The van der Waals surface area contributed by atoms with Crippen molar-refractivity contribution in [3.05, 3.63) is 66.0 Å². The molecule has 5 rings (SSSR count). The fourth-order valence-corrected chi connectivity index (χ4v) is 4.38. The molecule has 1 aliphatic rings. The van der Waals surface area contributed by atoms with Gasteiger partial charge in [-0.1, -0.05) is 42.5 Å². The van der Waals surface area contributed by atoms with Crippen molar-refractivity contribution in [2.45, 2.75) is 13.1 Å². The number of nitrogens with zero attached hydrogens (tertiary/aromatic N) is 5. The van der Waals surface area contributed by atoms with Crippen LogP contribution in [0.25, 0.3) is 27.7 Å². The summed E-state index contributed by atoms with van der Waals surface area (Å²) in [4.78, 5) is 32.7. The monoisotopic (exact) mass is 497 g/mol. The van der Waals surface area contributed by atoms with Gasteiger partial charge in [0.1, 0.15) is 5.56 Å². The average molecular weight is 497 g/mol. The zero-order valence-corrected chi connectivity index (χ0v) is 19.3. The molecule has 0 N–H and O–H groups in total. The third-order valence-electron chi connectivity index (χ3n) is 6.15. The molecule has 11 heteroatoms. The van der Waals surface area contributed by atoms with Gasteiger partial charge in [0.15, 0.2) is 11.3 Å². The first-order valence-corrected chi connectivity index (χ1v) is 11.4. The minimum atomic E-state index is -4.72. The molecule has 0 atom stereocenters. The molecular formula is C25H22F3N5O3. The number of benzene rings is 2. The second-order valence-electron chi connectivity index (χ2n) is 8.32. The van der Waals surface area contributed by atoms with Gasteiger partial charge in [0.05, 0.1) is 18.5 Å². The molecule has 0 aliphatic carbocycles. The number of rotatable bonds is 3. The van der Waals surface area contributed by atoms with Crippen molar-refractivity contribution < 1.29 is 27.5 Å². The smallest absolute Gasteiger partial charge is 0.433 e. The first-order chi connectivity index (χ1) is 17.3. The van der Waals surface area contributed by atoms with Crippen LogP contribution in [0.5, 0.6) is 0 Å². The molecular weight excluding hydrogens is 475 g/mol. The lowest BCUT2D eigenvalue weighted by Crippen LogP contribution is -2.50. The fraction of sp³-hybridized carbons (Fsp3) is 0.280. The van der Waals surface area contributed by atoms with Crippen LogP contribution in [-0.2, 0) is 10.9 Å². The molecule has 3 heterocycles. The summed E-state index contributed by atoms with van der Waals surface area (Å²) < 4.78 is 47.8. The molecule has 0 radical (unpaired) electrons. The Morgan fingerprint density at radius 3 is 2.42 bits per heavy atom. The third kappa shape index (κ3) is 4.21. The summed E-state index contributed by atoms with van der Waals surface area (Å²) in [5.41, 5.74) is -0.628. The van der Waals surface area contributed by atoms with Crippen LogP contribution in [-0.4, -0.2) is 69.2 Å². The number of piperazine rings is 1. The van der Waals surface area contributed by atoms with Crippen molar-refractivity contribution in [1.29, 1.82) is 0 Å². The van der Waals surface area contributed by atoms with Crippen LogP contribution in [0, 0.1) is 0 Å². The normalized spacial score (nSPS) is 14.4. The Hall–Kier alpha value is -4.15. The lowest BCUT2D eigenvalue weighted by Gasteiger charge is -2.33. The summed E-state index contributed by atoms with van der Waals surface area (Å²) in [5.74, 6) is -0.496. The van der Waals surface area contributed by atoms with E-state index in [-0.39, 0.29) is 49.7 Å². The first kappa shape index (κ1) is 23.6. The van der Waals surface area contributed by atoms with Crippen LogP contribution in [0.3, 0.4) is 0 Å². The van der Waals surface area contributed by atoms with Gasteiger partial charge in [0, 0.05) is 31.7 Å². The van der Waals surface area contributed by atoms with Crippen molar-refractivity contribution in [3.8, 4) is 11.3 Å². The van der Waals surface area contributed by atoms with E-state index in [1.807, 2.05) is 24.3 Å². The van der Waals surface area contributed by atoms with Crippen molar-refractivity contribution >= 4 is 28.4 Å². The summed E-state index contributed by atoms with van der Waals surface area (Å²) in [6.45, 7) is 2.89. The Morgan fingerprint density at radius 2 is 1.69 bits per heavy atom. The van der Waals surface area contributed by atoms with Gasteiger partial charge in [-0.3, -0.25) is 4.79 Å². The number of ether oxygens (including phenoxy) is 1. The second-order valence-corrected chi connectivity index (χ2v) is 8.32. The quantitative estimate of drug-likeness (QED) is 0.417. The van der Waals surface area contributed by atoms with E-state index in [1.54, 1.807) is 25.1 Å². The average Bonchev–Trinajstić information content (AvgIpc) is 3.31. The van der Waals surface area contributed by atoms with Crippen molar-refractivity contribution in [2.24, 2.45) is 0 Å². The number of amides is 2. The highest BCUT2D eigenvalue weighted by molar-refractivity contribution is 6.01. The Balaban J connectivity index is 1.56. The van der Waals surface area contributed by atoms with Crippen LogP contribution < -0.4 is 0 Å². The minimum Gasteiger partial charge on any atom is -0.450 e. The lowest BCUT2D eigenvalue weighted by atomic mass is 10.0. The number of hydrogen-bond donors (Lipinski definition) is 0. The SMILES string of the molecule is CCOC(=O)N1CCN(C(=O)c2cnn3c(C(F)(F)F)cc(-c4cccc5ccccc45)nc23)CC1. The van der Waals surface area contributed by atoms with E-state index in [2.05, 4.69) is 10.1 Å². The van der Waals surface area contributed by atoms with E-state index in [9.17, 15) is 22.8 Å². The highest BCUT2D eigenvalue weighted by Crippen LogP contribution is 2.35. The van der Waals surface area contributed by atoms with Gasteiger partial charge in [-0.05, 0) is 23.8 Å². The molecule has 4 aromatic rings. The molecule has 186 valence electrons. The Morgan fingerprint density at radius 1 is 1.00 bits per heavy atom. The maximum Gasteiger partial charge on any atom is 0.433 e. The molecule has 2 amide bonds. The summed E-state index contributed by atoms with van der Waals surface area (Å²) >= 11 is 0. The number of alkyl halides is 3. The third-order valence-corrected chi connectivity index (χ3v) is 6.15. The van der Waals surface area contributed by atoms with E-state index < -0.39 is 23.9 Å². The number of carbonyl (C=O) groups is 2. The van der Waals surface area contributed by atoms with Crippen LogP contribution in [0.4, 0.5) is 18.0 Å². The summed E-state index contributed by atoms with van der Waals surface area (Å²) in [7, 11) is 0. The Kier molecular flexibility index (Phi) is 5.99. The Bertz CT molecular complexity index is 1450. The van der Waals surface area contributed by atoms with E-state index in [0.29, 0.717) is 10.1 Å². The zero-order chi connectivity index (χ0) is 25.4. The number of halogens is 3. The van der Waals surface area contributed by atoms with Crippen molar-refractivity contribution in [3.63, 3.8) is 0 Å². The lowest BCUT2D eigenvalue weighted by molar-refractivity contribution is -0.142. The molecule has 0 saturated carbocycles. The van der Waals surface area contributed by atoms with Crippen LogP contribution in [0.2, 0.25) is 0 Å². The van der Waals surface area contributed by atoms with Gasteiger partial charge in [-0.15, -0.1) is 0 Å². The Labute approximate surface area is 203 Å². The fourth-order valence-electron chi connectivity index (χ4n) is 4.38. The summed E-state index contributed by atoms with van der Waals surface area (Å²) in [6, 6.07) is 13.6.